The number of rotatable bonds is 12. The van der Waals surface area contributed by atoms with Gasteiger partial charge in [0.05, 0.1) is 6.54 Å². The highest BCUT2D eigenvalue weighted by Gasteiger charge is 2.30. The minimum absolute atomic E-state index is 0.104. The van der Waals surface area contributed by atoms with Crippen LogP contribution >= 0.6 is 0 Å². The summed E-state index contributed by atoms with van der Waals surface area (Å²) < 4.78 is 10.9. The predicted molar refractivity (Wildman–Crippen MR) is 165 cm³/mol. The number of piperazine rings is 1. The highest BCUT2D eigenvalue weighted by molar-refractivity contribution is 5.81. The summed E-state index contributed by atoms with van der Waals surface area (Å²) >= 11 is 0. The number of aliphatic carboxylic acids is 1. The van der Waals surface area contributed by atoms with E-state index in [4.69, 9.17) is 9.47 Å². The van der Waals surface area contributed by atoms with Crippen LogP contribution in [0.3, 0.4) is 0 Å². The molecule has 1 atom stereocenters. The number of ether oxygens (including phenoxy) is 2. The van der Waals surface area contributed by atoms with Crippen LogP contribution in [0.4, 0.5) is 9.59 Å². The third-order valence-corrected chi connectivity index (χ3v) is 7.81. The van der Waals surface area contributed by atoms with Crippen molar-refractivity contribution in [3.8, 4) is 11.1 Å². The van der Waals surface area contributed by atoms with Gasteiger partial charge in [0.2, 0.25) is 0 Å². The van der Waals surface area contributed by atoms with E-state index in [1.165, 1.54) is 0 Å². The largest absolute Gasteiger partial charge is 0.480 e. The molecule has 2 aromatic rings. The van der Waals surface area contributed by atoms with Gasteiger partial charge < -0.3 is 30.1 Å². The Morgan fingerprint density at radius 2 is 1.52 bits per heavy atom. The molecule has 0 spiro atoms. The molecule has 2 aromatic carbocycles. The number of esters is 1. The summed E-state index contributed by atoms with van der Waals surface area (Å²) in [5.41, 5.74) is 3.89. The van der Waals surface area contributed by atoms with Crippen molar-refractivity contribution in [2.75, 3.05) is 45.9 Å². The number of carbonyl (C=O) groups excluding carboxylic acids is 3. The third-order valence-electron chi connectivity index (χ3n) is 7.81. The predicted octanol–water partition coefficient (Wildman–Crippen LogP) is 4.21. The molecule has 238 valence electrons. The fourth-order valence-corrected chi connectivity index (χ4v) is 5.66. The molecule has 0 bridgehead atoms. The maximum atomic E-state index is 12.6. The zero-order valence-corrected chi connectivity index (χ0v) is 25.8. The van der Waals surface area contributed by atoms with E-state index in [0.29, 0.717) is 52.0 Å². The molecule has 1 aliphatic heterocycles. The van der Waals surface area contributed by atoms with Crippen LogP contribution < -0.4 is 10.6 Å². The lowest BCUT2D eigenvalue weighted by atomic mass is 9.98. The molecule has 1 saturated heterocycles. The van der Waals surface area contributed by atoms with E-state index in [2.05, 4.69) is 22.8 Å². The van der Waals surface area contributed by atoms with Gasteiger partial charge in [-0.2, -0.15) is 0 Å². The second-order valence-corrected chi connectivity index (χ2v) is 12.3. The summed E-state index contributed by atoms with van der Waals surface area (Å²) in [6.45, 7) is 8.54. The molecule has 3 amide bonds. The van der Waals surface area contributed by atoms with E-state index < -0.39 is 23.7 Å². The Balaban J connectivity index is 1.10. The van der Waals surface area contributed by atoms with Crippen LogP contribution in [0.15, 0.2) is 48.5 Å². The van der Waals surface area contributed by atoms with Crippen molar-refractivity contribution in [3.05, 3.63) is 59.7 Å². The Morgan fingerprint density at radius 3 is 2.11 bits per heavy atom. The quantitative estimate of drug-likeness (QED) is 0.241. The van der Waals surface area contributed by atoms with E-state index in [9.17, 15) is 24.3 Å². The fourth-order valence-electron chi connectivity index (χ4n) is 5.66. The number of carbonyl (C=O) groups is 4. The monoisotopic (exact) mass is 608 g/mol. The first-order valence-corrected chi connectivity index (χ1v) is 15.3. The number of nitrogens with one attached hydrogen (secondary N) is 2. The van der Waals surface area contributed by atoms with Crippen molar-refractivity contribution < 1.29 is 33.8 Å². The number of amides is 3. The fraction of sp³-hybridized carbons (Fsp3) is 0.515. The summed E-state index contributed by atoms with van der Waals surface area (Å²) in [5, 5.41) is 15.0. The lowest BCUT2D eigenvalue weighted by Gasteiger charge is -2.34. The summed E-state index contributed by atoms with van der Waals surface area (Å²) in [6.07, 6.45) is 1.45. The average Bonchev–Trinajstić information content (AvgIpc) is 3.30. The third kappa shape index (κ3) is 9.19. The number of nitrogens with zero attached hydrogens (tertiary/aromatic N) is 2. The van der Waals surface area contributed by atoms with Crippen LogP contribution in [-0.4, -0.2) is 96.5 Å². The Bertz CT molecular complexity index is 1270. The Hall–Kier alpha value is -4.12. The lowest BCUT2D eigenvalue weighted by Crippen LogP contribution is -2.53. The summed E-state index contributed by atoms with van der Waals surface area (Å²) in [5.74, 6) is -1.49. The molecule has 1 fully saturated rings. The highest BCUT2D eigenvalue weighted by Crippen LogP contribution is 2.44. The Morgan fingerprint density at radius 1 is 0.909 bits per heavy atom. The van der Waals surface area contributed by atoms with E-state index >= 15 is 0 Å². The Labute approximate surface area is 258 Å². The minimum Gasteiger partial charge on any atom is -0.480 e. The normalized spacial score (nSPS) is 15.6. The van der Waals surface area contributed by atoms with Crippen molar-refractivity contribution in [2.24, 2.45) is 0 Å². The van der Waals surface area contributed by atoms with Gasteiger partial charge in [0.15, 0.2) is 0 Å². The molecule has 2 aliphatic rings. The van der Waals surface area contributed by atoms with E-state index in [1.54, 1.807) is 4.90 Å². The van der Waals surface area contributed by atoms with Gasteiger partial charge in [-0.15, -0.1) is 0 Å². The Kier molecular flexibility index (Phi) is 11.2. The van der Waals surface area contributed by atoms with Crippen LogP contribution in [0.5, 0.6) is 0 Å². The van der Waals surface area contributed by atoms with E-state index in [0.717, 1.165) is 22.3 Å². The van der Waals surface area contributed by atoms with Gasteiger partial charge in [-0.05, 0) is 55.9 Å². The molecule has 0 aromatic heterocycles. The van der Waals surface area contributed by atoms with Gasteiger partial charge in [-0.1, -0.05) is 61.4 Å². The first kappa shape index (κ1) is 32.8. The molecule has 0 radical (unpaired) electrons. The molecule has 11 heteroatoms. The highest BCUT2D eigenvalue weighted by atomic mass is 16.6. The number of fused-ring (bicyclic) bond motifs is 3. The van der Waals surface area contributed by atoms with Crippen LogP contribution in [0.2, 0.25) is 0 Å². The van der Waals surface area contributed by atoms with Crippen LogP contribution in [0.1, 0.15) is 63.5 Å². The standard InChI is InChI=1S/C33H44N4O7/c1-33(2,3)44-29(38)21-36-17-19-37(20-18-36)31(41)34-16-10-4-5-15-28(30(39)40)35-32(42)43-22-27-25-13-8-6-11-23(25)24-12-7-9-14-26(24)27/h6-9,11-14,27-28H,4-5,10,15-22H2,1-3H3,(H,34,41)(H,35,42)(H,39,40)/t28-/m0/s1. The van der Waals surface area contributed by atoms with Crippen molar-refractivity contribution in [3.63, 3.8) is 0 Å². The molecule has 1 aliphatic carbocycles. The number of carboxylic acid groups (broad SMARTS) is 1. The molecular formula is C33H44N4O7. The smallest absolute Gasteiger partial charge is 0.407 e. The van der Waals surface area contributed by atoms with E-state index in [1.807, 2.05) is 62.1 Å². The summed E-state index contributed by atoms with van der Waals surface area (Å²) in [7, 11) is 0. The van der Waals surface area contributed by atoms with Gasteiger partial charge in [-0.25, -0.2) is 14.4 Å². The van der Waals surface area contributed by atoms with Crippen LogP contribution in [-0.2, 0) is 19.1 Å². The second-order valence-electron chi connectivity index (χ2n) is 12.3. The number of carboxylic acids is 1. The van der Waals surface area contributed by atoms with Gasteiger partial charge in [0, 0.05) is 38.6 Å². The molecule has 0 unspecified atom stereocenters. The number of hydrogen-bond donors (Lipinski definition) is 3. The van der Waals surface area contributed by atoms with Crippen LogP contribution in [0.25, 0.3) is 11.1 Å². The van der Waals surface area contributed by atoms with Crippen LogP contribution in [0, 0.1) is 0 Å². The maximum absolute atomic E-state index is 12.6. The number of hydrogen-bond acceptors (Lipinski definition) is 7. The summed E-state index contributed by atoms with van der Waals surface area (Å²) in [4.78, 5) is 52.6. The average molecular weight is 609 g/mol. The first-order chi connectivity index (χ1) is 21.0. The van der Waals surface area contributed by atoms with Crippen molar-refractivity contribution in [1.29, 1.82) is 0 Å². The SMILES string of the molecule is CC(C)(C)OC(=O)CN1CCN(C(=O)NCCCCC[C@H](NC(=O)OCC2c3ccccc3-c3ccccc32)C(=O)O)CC1. The molecule has 3 N–H and O–H groups in total. The number of benzene rings is 2. The zero-order chi connectivity index (χ0) is 31.7. The first-order valence-electron chi connectivity index (χ1n) is 15.3. The van der Waals surface area contributed by atoms with Gasteiger partial charge in [-0.3, -0.25) is 9.69 Å². The topological polar surface area (TPSA) is 138 Å². The molecule has 11 nitrogen and oxygen atoms in total. The minimum atomic E-state index is -1.11. The lowest BCUT2D eigenvalue weighted by molar-refractivity contribution is -0.156. The molecular weight excluding hydrogens is 564 g/mol. The second kappa shape index (κ2) is 15.1. The van der Waals surface area contributed by atoms with Crippen molar-refractivity contribution >= 4 is 24.1 Å². The number of unbranched alkanes of at least 4 members (excludes halogenated alkanes) is 2. The maximum Gasteiger partial charge on any atom is 0.407 e. The van der Waals surface area contributed by atoms with Gasteiger partial charge in [0.1, 0.15) is 18.2 Å². The van der Waals surface area contributed by atoms with E-state index in [-0.39, 0.29) is 37.5 Å². The molecule has 1 heterocycles. The van der Waals surface area contributed by atoms with Gasteiger partial charge >= 0.3 is 24.1 Å². The van der Waals surface area contributed by atoms with Gasteiger partial charge in [0.25, 0.3) is 0 Å². The zero-order valence-electron chi connectivity index (χ0n) is 25.8. The molecule has 0 saturated carbocycles. The molecule has 44 heavy (non-hydrogen) atoms. The summed E-state index contributed by atoms with van der Waals surface area (Å²) in [6, 6.07) is 14.8. The number of alkyl carbamates (subject to hydrolysis) is 1. The van der Waals surface area contributed by atoms with Crippen molar-refractivity contribution in [1.82, 2.24) is 20.4 Å². The molecule has 4 rings (SSSR count). The van der Waals surface area contributed by atoms with Crippen molar-refractivity contribution in [2.45, 2.75) is 64.0 Å². The number of urea groups is 1.